The van der Waals surface area contributed by atoms with Crippen molar-refractivity contribution >= 4 is 40.9 Å². The highest BCUT2D eigenvalue weighted by molar-refractivity contribution is 7.98. The molecule has 0 aliphatic heterocycles. The Balaban J connectivity index is 2.31. The molecule has 2 rings (SSSR count). The Morgan fingerprint density at radius 1 is 1.39 bits per heavy atom. The van der Waals surface area contributed by atoms with Gasteiger partial charge in [-0.05, 0) is 31.5 Å². The highest BCUT2D eigenvalue weighted by Crippen LogP contribution is 2.29. The number of aromatic nitrogens is 2. The van der Waals surface area contributed by atoms with Crippen molar-refractivity contribution in [2.24, 2.45) is 0 Å². The molecule has 2 aromatic rings. The SMILES string of the molecule is CCOC(=O)c1c(SCc2ccc(Cl)cc2Cl)nc(=O)[nH]c1C. The third-order valence-electron chi connectivity index (χ3n) is 2.95. The molecular formula is C15H14Cl2N2O3S. The van der Waals surface area contributed by atoms with Gasteiger partial charge in [-0.1, -0.05) is 29.3 Å². The smallest absolute Gasteiger partial charge is 0.346 e. The highest BCUT2D eigenvalue weighted by Gasteiger charge is 2.19. The Hall–Kier alpha value is -1.50. The van der Waals surface area contributed by atoms with Crippen molar-refractivity contribution < 1.29 is 9.53 Å². The molecule has 0 spiro atoms. The summed E-state index contributed by atoms with van der Waals surface area (Å²) in [6, 6.07) is 5.16. The van der Waals surface area contributed by atoms with Gasteiger partial charge in [0.05, 0.1) is 6.61 Å². The van der Waals surface area contributed by atoms with Gasteiger partial charge in [0.1, 0.15) is 10.6 Å². The van der Waals surface area contributed by atoms with E-state index in [4.69, 9.17) is 27.9 Å². The molecule has 0 bridgehead atoms. The Morgan fingerprint density at radius 2 is 2.13 bits per heavy atom. The molecule has 0 saturated heterocycles. The first-order valence-corrected chi connectivity index (χ1v) is 8.51. The zero-order valence-electron chi connectivity index (χ0n) is 12.5. The van der Waals surface area contributed by atoms with E-state index in [1.807, 2.05) is 0 Å². The van der Waals surface area contributed by atoms with Crippen LogP contribution in [0.3, 0.4) is 0 Å². The van der Waals surface area contributed by atoms with Gasteiger partial charge in [-0.15, -0.1) is 11.8 Å². The molecule has 0 aliphatic rings. The van der Waals surface area contributed by atoms with E-state index < -0.39 is 11.7 Å². The molecule has 8 heteroatoms. The molecule has 0 aliphatic carbocycles. The lowest BCUT2D eigenvalue weighted by atomic mass is 10.2. The zero-order chi connectivity index (χ0) is 17.0. The summed E-state index contributed by atoms with van der Waals surface area (Å²) in [5.74, 6) is -0.0726. The summed E-state index contributed by atoms with van der Waals surface area (Å²) in [6.45, 7) is 3.59. The topological polar surface area (TPSA) is 72.0 Å². The molecule has 0 amide bonds. The lowest BCUT2D eigenvalue weighted by molar-refractivity contribution is 0.0519. The van der Waals surface area contributed by atoms with Gasteiger partial charge in [-0.3, -0.25) is 0 Å². The van der Waals surface area contributed by atoms with Gasteiger partial charge in [-0.25, -0.2) is 9.59 Å². The minimum Gasteiger partial charge on any atom is -0.462 e. The maximum Gasteiger partial charge on any atom is 0.346 e. The molecule has 1 N–H and O–H groups in total. The number of halogens is 2. The molecule has 122 valence electrons. The second-order valence-electron chi connectivity index (χ2n) is 4.59. The Morgan fingerprint density at radius 3 is 2.78 bits per heavy atom. The van der Waals surface area contributed by atoms with Gasteiger partial charge in [0.15, 0.2) is 0 Å². The Kier molecular flexibility index (Phi) is 6.10. The van der Waals surface area contributed by atoms with Crippen LogP contribution in [0.5, 0.6) is 0 Å². The number of aryl methyl sites for hydroxylation is 1. The first-order valence-electron chi connectivity index (χ1n) is 6.77. The van der Waals surface area contributed by atoms with Gasteiger partial charge in [0.25, 0.3) is 0 Å². The first kappa shape index (κ1) is 17.8. The fraction of sp³-hybridized carbons (Fsp3) is 0.267. The first-order chi connectivity index (χ1) is 10.9. The Bertz CT molecular complexity index is 793. The summed E-state index contributed by atoms with van der Waals surface area (Å²) >= 11 is 13.2. The highest BCUT2D eigenvalue weighted by atomic mass is 35.5. The van der Waals surface area contributed by atoms with E-state index in [1.165, 1.54) is 11.8 Å². The van der Waals surface area contributed by atoms with Gasteiger partial charge in [-0.2, -0.15) is 4.98 Å². The second kappa shape index (κ2) is 7.86. The molecule has 0 unspecified atom stereocenters. The summed E-state index contributed by atoms with van der Waals surface area (Å²) in [5, 5.41) is 1.38. The van der Waals surface area contributed by atoms with Crippen LogP contribution >= 0.6 is 35.0 Å². The number of H-pyrrole nitrogens is 1. The van der Waals surface area contributed by atoms with Gasteiger partial charge in [0.2, 0.25) is 0 Å². The summed E-state index contributed by atoms with van der Waals surface area (Å²) in [5.41, 5.74) is 1.01. The number of hydrogen-bond acceptors (Lipinski definition) is 5. The van der Waals surface area contributed by atoms with Crippen molar-refractivity contribution in [3.8, 4) is 0 Å². The van der Waals surface area contributed by atoms with Gasteiger partial charge < -0.3 is 9.72 Å². The van der Waals surface area contributed by atoms with Crippen LogP contribution in [0.1, 0.15) is 28.5 Å². The van der Waals surface area contributed by atoms with E-state index in [-0.39, 0.29) is 12.2 Å². The minimum absolute atomic E-state index is 0.241. The number of carbonyl (C=O) groups is 1. The summed E-state index contributed by atoms with van der Waals surface area (Å²) in [7, 11) is 0. The van der Waals surface area contributed by atoms with Crippen LogP contribution in [0.15, 0.2) is 28.0 Å². The monoisotopic (exact) mass is 372 g/mol. The summed E-state index contributed by atoms with van der Waals surface area (Å²) in [4.78, 5) is 30.1. The molecule has 5 nitrogen and oxygen atoms in total. The standard InChI is InChI=1S/C15H14Cl2N2O3S/c1-3-22-14(20)12-8(2)18-15(21)19-13(12)23-7-9-4-5-10(16)6-11(9)17/h4-6H,3,7H2,1-2H3,(H,18,19,21). The van der Waals surface area contributed by atoms with Crippen LogP contribution in [0.2, 0.25) is 10.0 Å². The molecule has 1 heterocycles. The number of nitrogens with one attached hydrogen (secondary N) is 1. The molecule has 23 heavy (non-hydrogen) atoms. The molecule has 1 aromatic heterocycles. The van der Waals surface area contributed by atoms with Gasteiger partial charge >= 0.3 is 11.7 Å². The van der Waals surface area contributed by atoms with Crippen LogP contribution in [-0.4, -0.2) is 22.5 Å². The van der Waals surface area contributed by atoms with E-state index in [0.717, 1.165) is 5.56 Å². The van der Waals surface area contributed by atoms with Gasteiger partial charge in [0, 0.05) is 21.5 Å². The predicted molar refractivity (Wildman–Crippen MR) is 91.6 cm³/mol. The number of ether oxygens (including phenoxy) is 1. The van der Waals surface area contributed by atoms with Crippen molar-refractivity contribution in [3.05, 3.63) is 55.5 Å². The maximum atomic E-state index is 12.1. The van der Waals surface area contributed by atoms with E-state index in [2.05, 4.69) is 9.97 Å². The van der Waals surface area contributed by atoms with Crippen LogP contribution < -0.4 is 5.69 Å². The average Bonchev–Trinajstić information content (AvgIpc) is 2.45. The molecular weight excluding hydrogens is 359 g/mol. The summed E-state index contributed by atoms with van der Waals surface area (Å²) in [6.07, 6.45) is 0. The van der Waals surface area contributed by atoms with Crippen LogP contribution in [-0.2, 0) is 10.5 Å². The largest absolute Gasteiger partial charge is 0.462 e. The number of nitrogens with zero attached hydrogens (tertiary/aromatic N) is 1. The van der Waals surface area contributed by atoms with Crippen molar-refractivity contribution in [1.82, 2.24) is 9.97 Å². The fourth-order valence-corrected chi connectivity index (χ4v) is 3.52. The number of aromatic amines is 1. The lowest BCUT2D eigenvalue weighted by Crippen LogP contribution is -2.19. The molecule has 0 saturated carbocycles. The number of thioether (sulfide) groups is 1. The van der Waals surface area contributed by atoms with Crippen molar-refractivity contribution in [1.29, 1.82) is 0 Å². The third kappa shape index (κ3) is 4.50. The van der Waals surface area contributed by atoms with E-state index in [9.17, 15) is 9.59 Å². The quantitative estimate of drug-likeness (QED) is 0.490. The number of carbonyl (C=O) groups excluding carboxylic acids is 1. The van der Waals surface area contributed by atoms with Crippen LogP contribution in [0.25, 0.3) is 0 Å². The van der Waals surface area contributed by atoms with Crippen molar-refractivity contribution in [2.45, 2.75) is 24.6 Å². The number of rotatable bonds is 5. The summed E-state index contributed by atoms with van der Waals surface area (Å²) < 4.78 is 5.02. The number of esters is 1. The fourth-order valence-electron chi connectivity index (χ4n) is 1.89. The molecule has 0 radical (unpaired) electrons. The van der Waals surface area contributed by atoms with E-state index in [1.54, 1.807) is 32.0 Å². The van der Waals surface area contributed by atoms with Crippen molar-refractivity contribution in [2.75, 3.05) is 6.61 Å². The predicted octanol–water partition coefficient (Wildman–Crippen LogP) is 3.85. The van der Waals surface area contributed by atoms with Crippen LogP contribution in [0.4, 0.5) is 0 Å². The lowest BCUT2D eigenvalue weighted by Gasteiger charge is -2.10. The molecule has 0 atom stereocenters. The van der Waals surface area contributed by atoms with Crippen molar-refractivity contribution in [3.63, 3.8) is 0 Å². The van der Waals surface area contributed by atoms with E-state index in [0.29, 0.717) is 26.5 Å². The Labute approximate surface area is 147 Å². The number of benzene rings is 1. The normalized spacial score (nSPS) is 10.6. The maximum absolute atomic E-state index is 12.1. The number of hydrogen-bond donors (Lipinski definition) is 1. The minimum atomic E-state index is -0.515. The zero-order valence-corrected chi connectivity index (χ0v) is 14.8. The molecule has 1 aromatic carbocycles. The van der Waals surface area contributed by atoms with E-state index >= 15 is 0 Å². The second-order valence-corrected chi connectivity index (χ2v) is 6.40. The average molecular weight is 373 g/mol. The third-order valence-corrected chi connectivity index (χ3v) is 4.56. The van der Waals surface area contributed by atoms with Crippen LogP contribution in [0, 0.1) is 6.92 Å². The molecule has 0 fully saturated rings.